The van der Waals surface area contributed by atoms with E-state index >= 15 is 0 Å². The van der Waals surface area contributed by atoms with Crippen molar-refractivity contribution >= 4 is 28.2 Å². The molecule has 172 valence electrons. The van der Waals surface area contributed by atoms with Crippen LogP contribution in [-0.4, -0.2) is 33.8 Å². The molecule has 0 aliphatic heterocycles. The van der Waals surface area contributed by atoms with Gasteiger partial charge in [0.15, 0.2) is 0 Å². The number of aromatic nitrogens is 2. The van der Waals surface area contributed by atoms with Crippen LogP contribution >= 0.6 is 0 Å². The SMILES string of the molecule is CC(C)C(NCCCNC(=O)O)c1nc2c(oc3ccccc32)c(=O)n1Cc1ccccc1. The van der Waals surface area contributed by atoms with E-state index in [9.17, 15) is 9.59 Å². The molecular formula is C25H28N4O4. The average Bonchev–Trinajstić information content (AvgIpc) is 3.17. The first kappa shape index (κ1) is 22.5. The molecule has 0 spiro atoms. The van der Waals surface area contributed by atoms with Crippen molar-refractivity contribution in [2.75, 3.05) is 13.1 Å². The second-order valence-corrected chi connectivity index (χ2v) is 8.38. The zero-order chi connectivity index (χ0) is 23.4. The van der Waals surface area contributed by atoms with E-state index in [1.54, 1.807) is 4.57 Å². The summed E-state index contributed by atoms with van der Waals surface area (Å²) in [4.78, 5) is 29.3. The normalized spacial score (nSPS) is 12.5. The van der Waals surface area contributed by atoms with Crippen LogP contribution in [0.2, 0.25) is 0 Å². The monoisotopic (exact) mass is 448 g/mol. The highest BCUT2D eigenvalue weighted by Gasteiger charge is 2.25. The molecule has 2 aromatic carbocycles. The third-order valence-electron chi connectivity index (χ3n) is 5.63. The highest BCUT2D eigenvalue weighted by molar-refractivity contribution is 6.01. The Morgan fingerprint density at radius 2 is 1.82 bits per heavy atom. The molecular weight excluding hydrogens is 420 g/mol. The molecule has 8 nitrogen and oxygen atoms in total. The lowest BCUT2D eigenvalue weighted by Gasteiger charge is -2.25. The molecule has 0 aliphatic rings. The molecule has 0 saturated carbocycles. The van der Waals surface area contributed by atoms with Crippen LogP contribution in [0.1, 0.15) is 37.7 Å². The minimum absolute atomic E-state index is 0.141. The number of furan rings is 1. The predicted molar refractivity (Wildman–Crippen MR) is 128 cm³/mol. The van der Waals surface area contributed by atoms with Gasteiger partial charge in [0.05, 0.1) is 12.6 Å². The molecule has 4 rings (SSSR count). The maximum Gasteiger partial charge on any atom is 0.404 e. The quantitative estimate of drug-likeness (QED) is 0.332. The van der Waals surface area contributed by atoms with Gasteiger partial charge < -0.3 is 20.2 Å². The summed E-state index contributed by atoms with van der Waals surface area (Å²) in [6, 6.07) is 17.1. The summed E-state index contributed by atoms with van der Waals surface area (Å²) in [6.45, 7) is 5.45. The largest absolute Gasteiger partial charge is 0.465 e. The first-order valence-electron chi connectivity index (χ1n) is 11.1. The molecule has 0 bridgehead atoms. The zero-order valence-corrected chi connectivity index (χ0v) is 18.7. The fraction of sp³-hybridized carbons (Fsp3) is 0.320. The second kappa shape index (κ2) is 9.87. The lowest BCUT2D eigenvalue weighted by atomic mass is 10.0. The van der Waals surface area contributed by atoms with Crippen molar-refractivity contribution in [3.63, 3.8) is 0 Å². The third-order valence-corrected chi connectivity index (χ3v) is 5.63. The summed E-state index contributed by atoms with van der Waals surface area (Å²) in [5.41, 5.74) is 2.23. The first-order valence-corrected chi connectivity index (χ1v) is 11.1. The molecule has 0 saturated heterocycles. The van der Waals surface area contributed by atoms with Crippen molar-refractivity contribution in [1.82, 2.24) is 20.2 Å². The van der Waals surface area contributed by atoms with E-state index < -0.39 is 6.09 Å². The van der Waals surface area contributed by atoms with Gasteiger partial charge in [-0.3, -0.25) is 9.36 Å². The fourth-order valence-corrected chi connectivity index (χ4v) is 4.01. The van der Waals surface area contributed by atoms with Gasteiger partial charge in [0.1, 0.15) is 16.9 Å². The number of nitrogens with one attached hydrogen (secondary N) is 2. The number of benzene rings is 2. The molecule has 1 atom stereocenters. The van der Waals surface area contributed by atoms with Crippen molar-refractivity contribution in [2.24, 2.45) is 5.92 Å². The molecule has 1 unspecified atom stereocenters. The molecule has 2 heterocycles. The minimum Gasteiger partial charge on any atom is -0.465 e. The van der Waals surface area contributed by atoms with Gasteiger partial charge in [-0.2, -0.15) is 0 Å². The van der Waals surface area contributed by atoms with Gasteiger partial charge in [-0.1, -0.05) is 56.3 Å². The molecule has 2 aromatic heterocycles. The van der Waals surface area contributed by atoms with Gasteiger partial charge in [0.2, 0.25) is 5.58 Å². The van der Waals surface area contributed by atoms with Crippen molar-refractivity contribution in [3.05, 3.63) is 76.3 Å². The van der Waals surface area contributed by atoms with Crippen LogP contribution in [0.5, 0.6) is 0 Å². The van der Waals surface area contributed by atoms with Gasteiger partial charge in [-0.15, -0.1) is 0 Å². The van der Waals surface area contributed by atoms with E-state index in [1.807, 2.05) is 54.6 Å². The Kier molecular flexibility index (Phi) is 6.74. The summed E-state index contributed by atoms with van der Waals surface area (Å²) in [6.07, 6.45) is -0.416. The number of hydrogen-bond donors (Lipinski definition) is 3. The van der Waals surface area contributed by atoms with E-state index in [0.717, 1.165) is 10.9 Å². The maximum atomic E-state index is 13.6. The first-order chi connectivity index (χ1) is 16.0. The second-order valence-electron chi connectivity index (χ2n) is 8.38. The van der Waals surface area contributed by atoms with Crippen molar-refractivity contribution in [3.8, 4) is 0 Å². The topological polar surface area (TPSA) is 109 Å². The van der Waals surface area contributed by atoms with Gasteiger partial charge in [0.25, 0.3) is 5.56 Å². The van der Waals surface area contributed by atoms with E-state index in [2.05, 4.69) is 24.5 Å². The Labute approximate surface area is 191 Å². The Bertz CT molecular complexity index is 1310. The number of carbonyl (C=O) groups is 1. The summed E-state index contributed by atoms with van der Waals surface area (Å²) in [5, 5.41) is 15.4. The maximum absolute atomic E-state index is 13.6. The van der Waals surface area contributed by atoms with Crippen LogP contribution in [0, 0.1) is 5.92 Å². The van der Waals surface area contributed by atoms with Crippen LogP contribution in [0.25, 0.3) is 22.1 Å². The number of carboxylic acid groups (broad SMARTS) is 1. The minimum atomic E-state index is -1.04. The summed E-state index contributed by atoms with van der Waals surface area (Å²) < 4.78 is 7.60. The van der Waals surface area contributed by atoms with Crippen LogP contribution in [0.3, 0.4) is 0 Å². The Balaban J connectivity index is 1.78. The average molecular weight is 449 g/mol. The number of para-hydroxylation sites is 1. The number of hydrogen-bond acceptors (Lipinski definition) is 5. The predicted octanol–water partition coefficient (Wildman–Crippen LogP) is 4.14. The third kappa shape index (κ3) is 4.90. The van der Waals surface area contributed by atoms with E-state index in [4.69, 9.17) is 14.5 Å². The lowest BCUT2D eigenvalue weighted by molar-refractivity contribution is 0.194. The molecule has 3 N–H and O–H groups in total. The molecule has 0 radical (unpaired) electrons. The standard InChI is InChI=1S/C25H28N4O4/c1-16(2)20(26-13-8-14-27-25(31)32)23-28-21-18-11-6-7-12-19(18)33-22(21)24(30)29(23)15-17-9-4-3-5-10-17/h3-7,9-12,16,20,26-27H,8,13-15H2,1-2H3,(H,31,32). The molecule has 8 heteroatoms. The van der Waals surface area contributed by atoms with E-state index in [-0.39, 0.29) is 23.1 Å². The van der Waals surface area contributed by atoms with Gasteiger partial charge in [-0.25, -0.2) is 9.78 Å². The Morgan fingerprint density at radius 1 is 1.09 bits per heavy atom. The number of rotatable bonds is 9. The van der Waals surface area contributed by atoms with Crippen molar-refractivity contribution in [1.29, 1.82) is 0 Å². The highest BCUT2D eigenvalue weighted by atomic mass is 16.4. The summed E-state index contributed by atoms with van der Waals surface area (Å²) in [7, 11) is 0. The number of fused-ring (bicyclic) bond motifs is 3. The zero-order valence-electron chi connectivity index (χ0n) is 18.7. The van der Waals surface area contributed by atoms with E-state index in [0.29, 0.717) is 43.0 Å². The number of amides is 1. The Hall–Kier alpha value is -3.65. The molecule has 0 aliphatic carbocycles. The van der Waals surface area contributed by atoms with Gasteiger partial charge >= 0.3 is 6.09 Å². The molecule has 33 heavy (non-hydrogen) atoms. The van der Waals surface area contributed by atoms with Crippen LogP contribution in [0.15, 0.2) is 63.8 Å². The lowest BCUT2D eigenvalue weighted by Crippen LogP contribution is -2.36. The molecule has 1 amide bonds. The fourth-order valence-electron chi connectivity index (χ4n) is 4.01. The van der Waals surface area contributed by atoms with Crippen molar-refractivity contribution < 1.29 is 14.3 Å². The van der Waals surface area contributed by atoms with Gasteiger partial charge in [-0.05, 0) is 36.6 Å². The van der Waals surface area contributed by atoms with Crippen LogP contribution < -0.4 is 16.2 Å². The molecule has 4 aromatic rings. The molecule has 0 fully saturated rings. The highest BCUT2D eigenvalue weighted by Crippen LogP contribution is 2.28. The smallest absolute Gasteiger partial charge is 0.404 e. The Morgan fingerprint density at radius 3 is 2.55 bits per heavy atom. The van der Waals surface area contributed by atoms with Crippen LogP contribution in [0.4, 0.5) is 4.79 Å². The van der Waals surface area contributed by atoms with Gasteiger partial charge in [0, 0.05) is 11.9 Å². The number of nitrogens with zero attached hydrogens (tertiary/aromatic N) is 2. The van der Waals surface area contributed by atoms with Crippen LogP contribution in [-0.2, 0) is 6.54 Å². The van der Waals surface area contributed by atoms with E-state index in [1.165, 1.54) is 0 Å². The summed E-state index contributed by atoms with van der Waals surface area (Å²) >= 11 is 0. The summed E-state index contributed by atoms with van der Waals surface area (Å²) in [5.74, 6) is 0.783. The van der Waals surface area contributed by atoms with Crippen molar-refractivity contribution in [2.45, 2.75) is 32.9 Å².